The topological polar surface area (TPSA) is 87.0 Å². The third kappa shape index (κ3) is 4.63. The summed E-state index contributed by atoms with van der Waals surface area (Å²) in [6, 6.07) is 14.0. The van der Waals surface area contributed by atoms with Crippen molar-refractivity contribution in [3.8, 4) is 5.75 Å². The van der Waals surface area contributed by atoms with Crippen LogP contribution in [0.5, 0.6) is 5.75 Å². The molecule has 7 nitrogen and oxygen atoms in total. The minimum Gasteiger partial charge on any atom is -0.463 e. The number of allylic oxidation sites excluding steroid dienone is 1. The van der Waals surface area contributed by atoms with E-state index in [0.717, 1.165) is 16.7 Å². The van der Waals surface area contributed by atoms with E-state index in [2.05, 4.69) is 4.99 Å². The molecule has 1 aliphatic rings. The summed E-state index contributed by atoms with van der Waals surface area (Å²) in [4.78, 5) is 42.7. The van der Waals surface area contributed by atoms with E-state index in [9.17, 15) is 14.4 Å². The zero-order valence-corrected chi connectivity index (χ0v) is 20.1. The van der Waals surface area contributed by atoms with E-state index in [4.69, 9.17) is 9.47 Å². The van der Waals surface area contributed by atoms with Crippen LogP contribution in [0, 0.1) is 6.92 Å². The molecule has 0 spiro atoms. The zero-order chi connectivity index (χ0) is 24.4. The van der Waals surface area contributed by atoms with Crippen LogP contribution < -0.4 is 19.6 Å². The Morgan fingerprint density at radius 1 is 1.09 bits per heavy atom. The van der Waals surface area contributed by atoms with E-state index in [1.165, 1.54) is 18.3 Å². The standard InChI is InChI=1S/C26H24N2O5S/c1-5-32-25(31)22-16(3)27-26-28(23(22)19-10-6-15(2)7-11-19)24(30)21(34-26)14-18-8-12-20(13-9-18)33-17(4)29/h6-14,23H,5H2,1-4H3/b21-14-. The number of nitrogens with zero attached hydrogens (tertiary/aromatic N) is 2. The molecule has 1 aromatic heterocycles. The summed E-state index contributed by atoms with van der Waals surface area (Å²) in [6.45, 7) is 7.06. The highest BCUT2D eigenvalue weighted by atomic mass is 32.1. The van der Waals surface area contributed by atoms with Crippen molar-refractivity contribution < 1.29 is 19.1 Å². The van der Waals surface area contributed by atoms with Gasteiger partial charge in [-0.2, -0.15) is 0 Å². The summed E-state index contributed by atoms with van der Waals surface area (Å²) in [7, 11) is 0. The number of fused-ring (bicyclic) bond motifs is 1. The highest BCUT2D eigenvalue weighted by molar-refractivity contribution is 7.07. The second-order valence-electron chi connectivity index (χ2n) is 7.88. The molecule has 2 aromatic carbocycles. The monoisotopic (exact) mass is 476 g/mol. The molecule has 0 fully saturated rings. The Morgan fingerprint density at radius 2 is 1.76 bits per heavy atom. The Bertz CT molecular complexity index is 1460. The van der Waals surface area contributed by atoms with Crippen molar-refractivity contribution >= 4 is 29.4 Å². The quantitative estimate of drug-likeness (QED) is 0.417. The number of hydrogen-bond acceptors (Lipinski definition) is 7. The predicted octanol–water partition coefficient (Wildman–Crippen LogP) is 3.03. The van der Waals surface area contributed by atoms with Gasteiger partial charge in [0.15, 0.2) is 4.80 Å². The van der Waals surface area contributed by atoms with Gasteiger partial charge in [-0.05, 0) is 50.1 Å². The molecule has 0 amide bonds. The molecular weight excluding hydrogens is 452 g/mol. The first kappa shape index (κ1) is 23.4. The number of aromatic nitrogens is 1. The Kier molecular flexibility index (Phi) is 6.61. The van der Waals surface area contributed by atoms with Crippen molar-refractivity contribution in [3.63, 3.8) is 0 Å². The molecule has 4 rings (SSSR count). The molecule has 3 aromatic rings. The van der Waals surface area contributed by atoms with E-state index in [1.807, 2.05) is 31.2 Å². The van der Waals surface area contributed by atoms with E-state index in [1.54, 1.807) is 48.8 Å². The third-order valence-corrected chi connectivity index (χ3v) is 6.33. The maximum absolute atomic E-state index is 13.6. The Morgan fingerprint density at radius 3 is 2.38 bits per heavy atom. The van der Waals surface area contributed by atoms with Gasteiger partial charge in [0.25, 0.3) is 5.56 Å². The summed E-state index contributed by atoms with van der Waals surface area (Å²) < 4.78 is 12.4. The molecule has 0 bridgehead atoms. The molecule has 1 aliphatic heterocycles. The molecule has 174 valence electrons. The second kappa shape index (κ2) is 9.61. The van der Waals surface area contributed by atoms with Crippen LogP contribution in [0.4, 0.5) is 0 Å². The minimum atomic E-state index is -0.635. The lowest BCUT2D eigenvalue weighted by atomic mass is 9.95. The van der Waals surface area contributed by atoms with E-state index in [0.29, 0.717) is 26.4 Å². The zero-order valence-electron chi connectivity index (χ0n) is 19.3. The Labute approximate surface area is 200 Å². The number of thiazole rings is 1. The van der Waals surface area contributed by atoms with Crippen LogP contribution in [0.1, 0.15) is 43.5 Å². The van der Waals surface area contributed by atoms with Gasteiger partial charge in [-0.25, -0.2) is 9.79 Å². The summed E-state index contributed by atoms with van der Waals surface area (Å²) >= 11 is 1.26. The van der Waals surface area contributed by atoms with E-state index >= 15 is 0 Å². The van der Waals surface area contributed by atoms with Crippen LogP contribution in [-0.4, -0.2) is 23.1 Å². The van der Waals surface area contributed by atoms with Crippen molar-refractivity contribution in [2.75, 3.05) is 6.61 Å². The highest BCUT2D eigenvalue weighted by Gasteiger charge is 2.33. The second-order valence-corrected chi connectivity index (χ2v) is 8.88. The van der Waals surface area contributed by atoms with Gasteiger partial charge in [0.2, 0.25) is 0 Å². The number of esters is 2. The first-order valence-corrected chi connectivity index (χ1v) is 11.6. The number of ether oxygens (including phenoxy) is 2. The fourth-order valence-corrected chi connectivity index (χ4v) is 4.85. The lowest BCUT2D eigenvalue weighted by Gasteiger charge is -2.24. The SMILES string of the molecule is CCOC(=O)C1=C(C)N=c2s/c(=C\c3ccc(OC(C)=O)cc3)c(=O)n2C1c1ccc(C)cc1. The number of rotatable bonds is 5. The van der Waals surface area contributed by atoms with Crippen molar-refractivity contribution in [1.82, 2.24) is 4.57 Å². The van der Waals surface area contributed by atoms with Crippen LogP contribution in [0.25, 0.3) is 6.08 Å². The van der Waals surface area contributed by atoms with Gasteiger partial charge in [0.1, 0.15) is 5.75 Å². The lowest BCUT2D eigenvalue weighted by molar-refractivity contribution is -0.139. The molecule has 0 saturated heterocycles. The molecule has 2 heterocycles. The van der Waals surface area contributed by atoms with Crippen molar-refractivity contribution in [1.29, 1.82) is 0 Å². The van der Waals surface area contributed by atoms with Gasteiger partial charge in [-0.3, -0.25) is 14.2 Å². The normalized spacial score (nSPS) is 15.5. The van der Waals surface area contributed by atoms with Crippen molar-refractivity contribution in [2.24, 2.45) is 4.99 Å². The molecular formula is C26H24N2O5S. The number of hydrogen-bond donors (Lipinski definition) is 0. The molecule has 0 N–H and O–H groups in total. The van der Waals surface area contributed by atoms with Crippen LogP contribution in [0.15, 0.2) is 69.6 Å². The van der Waals surface area contributed by atoms with Crippen molar-refractivity contribution in [3.05, 3.63) is 96.2 Å². The first-order chi connectivity index (χ1) is 16.3. The molecule has 0 aliphatic carbocycles. The van der Waals surface area contributed by atoms with Crippen LogP contribution >= 0.6 is 11.3 Å². The molecule has 0 saturated carbocycles. The fraction of sp³-hybridized carbons (Fsp3) is 0.231. The number of carbonyl (C=O) groups excluding carboxylic acids is 2. The molecule has 1 atom stereocenters. The van der Waals surface area contributed by atoms with Gasteiger partial charge in [0, 0.05) is 6.92 Å². The van der Waals surface area contributed by atoms with Crippen LogP contribution in [0.3, 0.4) is 0 Å². The largest absolute Gasteiger partial charge is 0.463 e. The Hall–Kier alpha value is -3.78. The van der Waals surface area contributed by atoms with Gasteiger partial charge in [-0.15, -0.1) is 0 Å². The summed E-state index contributed by atoms with van der Waals surface area (Å²) in [6.07, 6.45) is 1.76. The summed E-state index contributed by atoms with van der Waals surface area (Å²) in [5, 5.41) is 0. The lowest BCUT2D eigenvalue weighted by Crippen LogP contribution is -2.39. The maximum atomic E-state index is 13.6. The van der Waals surface area contributed by atoms with Gasteiger partial charge in [0.05, 0.1) is 28.5 Å². The Balaban J connectivity index is 1.86. The average Bonchev–Trinajstić information content (AvgIpc) is 3.09. The number of benzene rings is 2. The number of aryl methyl sites for hydroxylation is 1. The van der Waals surface area contributed by atoms with Crippen molar-refractivity contribution in [2.45, 2.75) is 33.7 Å². The van der Waals surface area contributed by atoms with Crippen LogP contribution in [0.2, 0.25) is 0 Å². The smallest absolute Gasteiger partial charge is 0.338 e. The molecule has 34 heavy (non-hydrogen) atoms. The molecule has 1 unspecified atom stereocenters. The summed E-state index contributed by atoms with van der Waals surface area (Å²) in [5.74, 6) is -0.449. The van der Waals surface area contributed by atoms with E-state index in [-0.39, 0.29) is 12.2 Å². The maximum Gasteiger partial charge on any atom is 0.338 e. The average molecular weight is 477 g/mol. The van der Waals surface area contributed by atoms with E-state index < -0.39 is 18.0 Å². The molecule has 0 radical (unpaired) electrons. The van der Waals surface area contributed by atoms with Gasteiger partial charge >= 0.3 is 11.9 Å². The predicted molar refractivity (Wildman–Crippen MR) is 129 cm³/mol. The number of carbonyl (C=O) groups is 2. The van der Waals surface area contributed by atoms with Gasteiger partial charge < -0.3 is 9.47 Å². The fourth-order valence-electron chi connectivity index (χ4n) is 3.81. The minimum absolute atomic E-state index is 0.226. The third-order valence-electron chi connectivity index (χ3n) is 5.35. The summed E-state index contributed by atoms with van der Waals surface area (Å²) in [5.41, 5.74) is 3.30. The molecule has 8 heteroatoms. The van der Waals surface area contributed by atoms with Gasteiger partial charge in [-0.1, -0.05) is 53.3 Å². The van der Waals surface area contributed by atoms with Crippen LogP contribution in [-0.2, 0) is 14.3 Å². The highest BCUT2D eigenvalue weighted by Crippen LogP contribution is 2.30. The first-order valence-electron chi connectivity index (χ1n) is 10.8.